The SMILES string of the molecule is COc1ccc(OC[C@H](O)CN2C(=O)N[C@@H](Cc3ccccc3)C2=O)cc1. The number of rotatable bonds is 8. The van der Waals surface area contributed by atoms with Crippen LogP contribution in [0.1, 0.15) is 5.56 Å². The van der Waals surface area contributed by atoms with Crippen LogP contribution in [0.4, 0.5) is 4.79 Å². The number of amides is 3. The van der Waals surface area contributed by atoms with Crippen molar-refractivity contribution in [3.05, 3.63) is 60.2 Å². The second kappa shape index (κ2) is 8.55. The Kier molecular flexibility index (Phi) is 5.93. The van der Waals surface area contributed by atoms with E-state index in [4.69, 9.17) is 9.47 Å². The number of hydrogen-bond donors (Lipinski definition) is 2. The smallest absolute Gasteiger partial charge is 0.324 e. The molecule has 2 N–H and O–H groups in total. The molecule has 1 aliphatic rings. The Bertz CT molecular complexity index is 779. The van der Waals surface area contributed by atoms with Gasteiger partial charge in [-0.1, -0.05) is 30.3 Å². The molecule has 1 fully saturated rings. The summed E-state index contributed by atoms with van der Waals surface area (Å²) in [4.78, 5) is 25.6. The highest BCUT2D eigenvalue weighted by molar-refractivity contribution is 6.04. The minimum atomic E-state index is -0.989. The molecule has 2 atom stereocenters. The summed E-state index contributed by atoms with van der Waals surface area (Å²) in [5, 5.41) is 12.8. The highest BCUT2D eigenvalue weighted by Crippen LogP contribution is 2.17. The van der Waals surface area contributed by atoms with Gasteiger partial charge in [-0.25, -0.2) is 4.79 Å². The normalized spacial score (nSPS) is 17.6. The molecule has 7 nitrogen and oxygen atoms in total. The van der Waals surface area contributed by atoms with Gasteiger partial charge in [0.2, 0.25) is 0 Å². The van der Waals surface area contributed by atoms with E-state index >= 15 is 0 Å². The first-order chi connectivity index (χ1) is 13.1. The van der Waals surface area contributed by atoms with Gasteiger partial charge < -0.3 is 19.9 Å². The number of aliphatic hydroxyl groups excluding tert-OH is 1. The molecule has 27 heavy (non-hydrogen) atoms. The zero-order valence-corrected chi connectivity index (χ0v) is 15.0. The average Bonchev–Trinajstić information content (AvgIpc) is 2.95. The van der Waals surface area contributed by atoms with E-state index in [2.05, 4.69) is 5.32 Å². The summed E-state index contributed by atoms with van der Waals surface area (Å²) >= 11 is 0. The molecule has 1 heterocycles. The molecule has 0 aliphatic carbocycles. The number of urea groups is 1. The van der Waals surface area contributed by atoms with E-state index in [1.807, 2.05) is 30.3 Å². The molecule has 1 aliphatic heterocycles. The fraction of sp³-hybridized carbons (Fsp3) is 0.300. The summed E-state index contributed by atoms with van der Waals surface area (Å²) < 4.78 is 10.6. The Labute approximate surface area is 157 Å². The molecular weight excluding hydrogens is 348 g/mol. The first kappa shape index (κ1) is 18.7. The van der Waals surface area contributed by atoms with Crippen molar-refractivity contribution in [3.8, 4) is 11.5 Å². The second-order valence-corrected chi connectivity index (χ2v) is 6.28. The van der Waals surface area contributed by atoms with Crippen molar-refractivity contribution in [2.45, 2.75) is 18.6 Å². The van der Waals surface area contributed by atoms with Crippen molar-refractivity contribution in [2.75, 3.05) is 20.3 Å². The summed E-state index contributed by atoms with van der Waals surface area (Å²) in [6.45, 7) is -0.154. The first-order valence-electron chi connectivity index (χ1n) is 8.67. The number of nitrogens with one attached hydrogen (secondary N) is 1. The van der Waals surface area contributed by atoms with Crippen molar-refractivity contribution in [3.63, 3.8) is 0 Å². The lowest BCUT2D eigenvalue weighted by Gasteiger charge is -2.18. The quantitative estimate of drug-likeness (QED) is 0.689. The zero-order valence-electron chi connectivity index (χ0n) is 15.0. The Hall–Kier alpha value is -3.06. The third-order valence-electron chi connectivity index (χ3n) is 4.28. The molecule has 3 rings (SSSR count). The van der Waals surface area contributed by atoms with Crippen LogP contribution in [0.5, 0.6) is 11.5 Å². The Morgan fingerprint density at radius 2 is 1.74 bits per heavy atom. The van der Waals surface area contributed by atoms with Crippen molar-refractivity contribution < 1.29 is 24.2 Å². The molecule has 0 saturated carbocycles. The molecule has 0 spiro atoms. The van der Waals surface area contributed by atoms with E-state index < -0.39 is 18.2 Å². The largest absolute Gasteiger partial charge is 0.497 e. The molecule has 2 aromatic rings. The predicted octanol–water partition coefficient (Wildman–Crippen LogP) is 1.60. The number of aliphatic hydroxyl groups is 1. The van der Waals surface area contributed by atoms with E-state index in [9.17, 15) is 14.7 Å². The maximum Gasteiger partial charge on any atom is 0.324 e. The molecule has 0 unspecified atom stereocenters. The van der Waals surface area contributed by atoms with Gasteiger partial charge in [-0.15, -0.1) is 0 Å². The van der Waals surface area contributed by atoms with Crippen molar-refractivity contribution in [1.29, 1.82) is 0 Å². The molecule has 2 aromatic carbocycles. The summed E-state index contributed by atoms with van der Waals surface area (Å²) in [7, 11) is 1.57. The van der Waals surface area contributed by atoms with Crippen molar-refractivity contribution >= 4 is 11.9 Å². The topological polar surface area (TPSA) is 88.1 Å². The second-order valence-electron chi connectivity index (χ2n) is 6.28. The van der Waals surface area contributed by atoms with Gasteiger partial charge in [0.15, 0.2) is 0 Å². The first-order valence-corrected chi connectivity index (χ1v) is 8.67. The van der Waals surface area contributed by atoms with E-state index in [0.717, 1.165) is 10.5 Å². The third-order valence-corrected chi connectivity index (χ3v) is 4.28. The average molecular weight is 370 g/mol. The monoisotopic (exact) mass is 370 g/mol. The fourth-order valence-corrected chi connectivity index (χ4v) is 2.87. The molecule has 0 aromatic heterocycles. The van der Waals surface area contributed by atoms with Crippen LogP contribution in [0, 0.1) is 0 Å². The number of benzene rings is 2. The van der Waals surface area contributed by atoms with Crippen LogP contribution in [0.3, 0.4) is 0 Å². The van der Waals surface area contributed by atoms with Crippen LogP contribution >= 0.6 is 0 Å². The van der Waals surface area contributed by atoms with Crippen LogP contribution < -0.4 is 14.8 Å². The predicted molar refractivity (Wildman–Crippen MR) is 98.7 cm³/mol. The van der Waals surface area contributed by atoms with Gasteiger partial charge in [0.05, 0.1) is 13.7 Å². The van der Waals surface area contributed by atoms with Gasteiger partial charge in [0.25, 0.3) is 5.91 Å². The highest BCUT2D eigenvalue weighted by Gasteiger charge is 2.38. The molecule has 142 valence electrons. The Morgan fingerprint density at radius 1 is 1.07 bits per heavy atom. The van der Waals surface area contributed by atoms with Gasteiger partial charge in [0.1, 0.15) is 30.3 Å². The number of ether oxygens (including phenoxy) is 2. The number of hydrogen-bond acceptors (Lipinski definition) is 5. The molecule has 1 saturated heterocycles. The van der Waals surface area contributed by atoms with E-state index in [1.54, 1.807) is 31.4 Å². The van der Waals surface area contributed by atoms with Crippen molar-refractivity contribution in [2.24, 2.45) is 0 Å². The third kappa shape index (κ3) is 4.77. The van der Waals surface area contributed by atoms with Crippen LogP contribution in [0.15, 0.2) is 54.6 Å². The lowest BCUT2D eigenvalue weighted by molar-refractivity contribution is -0.128. The van der Waals surface area contributed by atoms with Crippen LogP contribution in [-0.2, 0) is 11.2 Å². The number of nitrogens with zero attached hydrogens (tertiary/aromatic N) is 1. The zero-order chi connectivity index (χ0) is 19.2. The number of β-amino-alcohol motifs (C(OH)–C–C–N with tert-alkyl or cyclic N) is 1. The number of carbonyl (C=O) groups is 2. The van der Waals surface area contributed by atoms with Gasteiger partial charge in [0, 0.05) is 6.42 Å². The van der Waals surface area contributed by atoms with Crippen LogP contribution in [0.2, 0.25) is 0 Å². The molecular formula is C20H22N2O5. The minimum Gasteiger partial charge on any atom is -0.497 e. The maximum atomic E-state index is 12.5. The van der Waals surface area contributed by atoms with Gasteiger partial charge in [-0.2, -0.15) is 0 Å². The Morgan fingerprint density at radius 3 is 2.41 bits per heavy atom. The molecule has 0 radical (unpaired) electrons. The van der Waals surface area contributed by atoms with E-state index in [0.29, 0.717) is 17.9 Å². The molecule has 0 bridgehead atoms. The number of carbonyl (C=O) groups excluding carboxylic acids is 2. The number of imide groups is 1. The fourth-order valence-electron chi connectivity index (χ4n) is 2.87. The minimum absolute atomic E-state index is 0.0350. The standard InChI is InChI=1S/C20H22N2O5/c1-26-16-7-9-17(10-8-16)27-13-15(23)12-22-19(24)18(21-20(22)25)11-14-5-3-2-4-6-14/h2-10,15,18,23H,11-13H2,1H3,(H,21,25)/t15-,18+/m1/s1. The van der Waals surface area contributed by atoms with Crippen molar-refractivity contribution in [1.82, 2.24) is 10.2 Å². The lowest BCUT2D eigenvalue weighted by Crippen LogP contribution is -2.40. The summed E-state index contributed by atoms with van der Waals surface area (Å²) in [5.74, 6) is 0.924. The molecule has 7 heteroatoms. The molecule has 3 amide bonds. The number of methoxy groups -OCH3 is 1. The summed E-state index contributed by atoms with van der Waals surface area (Å²) in [5.41, 5.74) is 0.960. The van der Waals surface area contributed by atoms with E-state index in [-0.39, 0.29) is 19.1 Å². The highest BCUT2D eigenvalue weighted by atomic mass is 16.5. The maximum absolute atomic E-state index is 12.5. The van der Waals surface area contributed by atoms with Gasteiger partial charge in [-0.3, -0.25) is 9.69 Å². The van der Waals surface area contributed by atoms with Gasteiger partial charge >= 0.3 is 6.03 Å². The van der Waals surface area contributed by atoms with E-state index in [1.165, 1.54) is 0 Å². The summed E-state index contributed by atoms with van der Waals surface area (Å²) in [6, 6.07) is 15.3. The van der Waals surface area contributed by atoms with Gasteiger partial charge in [-0.05, 0) is 29.8 Å². The van der Waals surface area contributed by atoms with Crippen LogP contribution in [-0.4, -0.2) is 54.4 Å². The Balaban J connectivity index is 1.51. The lowest BCUT2D eigenvalue weighted by atomic mass is 10.1. The van der Waals surface area contributed by atoms with Crippen LogP contribution in [0.25, 0.3) is 0 Å². The summed E-state index contributed by atoms with van der Waals surface area (Å²) in [6.07, 6.45) is -0.572.